The average Bonchev–Trinajstić information content (AvgIpc) is 2.29. The Morgan fingerprint density at radius 2 is 1.53 bits per heavy atom. The van der Waals surface area contributed by atoms with Crippen LogP contribution in [0.1, 0.15) is 19.4 Å². The van der Waals surface area contributed by atoms with Crippen LogP contribution in [0.4, 0.5) is 0 Å². The molecule has 2 aromatic carbocycles. The predicted octanol–water partition coefficient (Wildman–Crippen LogP) is 3.98. The molecule has 2 aromatic rings. The van der Waals surface area contributed by atoms with Gasteiger partial charge in [0.05, 0.1) is 0 Å². The first kappa shape index (κ1) is 12.4. The summed E-state index contributed by atoms with van der Waals surface area (Å²) in [5.74, 6) is 0. The molecule has 0 saturated heterocycles. The van der Waals surface area contributed by atoms with Gasteiger partial charge in [-0.05, 0) is 34.1 Å². The van der Waals surface area contributed by atoms with E-state index in [0.29, 0.717) is 0 Å². The van der Waals surface area contributed by atoms with Crippen molar-refractivity contribution in [2.75, 3.05) is 0 Å². The summed E-state index contributed by atoms with van der Waals surface area (Å²) in [6, 6.07) is 17.1. The zero-order valence-corrected chi connectivity index (χ0v) is 12.1. The topological polar surface area (TPSA) is 0 Å². The Labute approximate surface area is 113 Å². The quantitative estimate of drug-likeness (QED) is 0.733. The van der Waals surface area contributed by atoms with Crippen molar-refractivity contribution >= 4 is 23.8 Å². The molecule has 0 aliphatic rings. The molecule has 0 aliphatic carbocycles. The maximum Gasteiger partial charge on any atom is 0.114 e. The van der Waals surface area contributed by atoms with Gasteiger partial charge in [-0.2, -0.15) is 0 Å². The van der Waals surface area contributed by atoms with Crippen LogP contribution in [0.5, 0.6) is 0 Å². The van der Waals surface area contributed by atoms with Gasteiger partial charge >= 0.3 is 0 Å². The summed E-state index contributed by atoms with van der Waals surface area (Å²) < 4.78 is 1.12. The van der Waals surface area contributed by atoms with E-state index in [1.165, 1.54) is 16.7 Å². The van der Waals surface area contributed by atoms with Crippen LogP contribution in [0.15, 0.2) is 53.0 Å². The van der Waals surface area contributed by atoms with Gasteiger partial charge in [0.1, 0.15) is 7.85 Å². The van der Waals surface area contributed by atoms with E-state index >= 15 is 0 Å². The van der Waals surface area contributed by atoms with Crippen molar-refractivity contribution in [3.05, 3.63) is 58.6 Å². The number of hydrogen-bond acceptors (Lipinski definition) is 0. The van der Waals surface area contributed by atoms with E-state index < -0.39 is 0 Å². The maximum atomic E-state index is 3.48. The monoisotopic (exact) mass is 286 g/mol. The molecule has 2 rings (SSSR count). The smallest absolute Gasteiger partial charge is 0.0632 e. The van der Waals surface area contributed by atoms with Crippen LogP contribution in [0, 0.1) is 0 Å². The molecule has 0 aromatic heterocycles. The molecule has 0 N–H and O–H groups in total. The second-order valence-electron chi connectivity index (χ2n) is 5.30. The van der Waals surface area contributed by atoms with Gasteiger partial charge in [-0.1, -0.05) is 66.2 Å². The van der Waals surface area contributed by atoms with E-state index in [9.17, 15) is 0 Å². The van der Waals surface area contributed by atoms with E-state index in [2.05, 4.69) is 86.2 Å². The molecule has 0 radical (unpaired) electrons. The Bertz CT molecular complexity index is 509. The van der Waals surface area contributed by atoms with Crippen molar-refractivity contribution in [1.82, 2.24) is 0 Å². The van der Waals surface area contributed by atoms with Crippen LogP contribution < -0.4 is 0 Å². The molecule has 0 atom stereocenters. The third-order valence-corrected chi connectivity index (χ3v) is 3.42. The Kier molecular flexibility index (Phi) is 3.44. The molecule has 17 heavy (non-hydrogen) atoms. The molecule has 0 nitrogen and oxygen atoms in total. The second kappa shape index (κ2) is 4.69. The highest BCUT2D eigenvalue weighted by Gasteiger charge is 2.17. The first-order valence-corrected chi connectivity index (χ1v) is 6.63. The molecule has 0 amide bonds. The van der Waals surface area contributed by atoms with Gasteiger partial charge < -0.3 is 0 Å². The molecular formula is C15H16BBr. The van der Waals surface area contributed by atoms with Crippen molar-refractivity contribution in [2.45, 2.75) is 19.2 Å². The Hall–Kier alpha value is -1.02. The van der Waals surface area contributed by atoms with Gasteiger partial charge in [-0.25, -0.2) is 0 Å². The number of hydrogen-bond donors (Lipinski definition) is 0. The maximum absolute atomic E-state index is 3.48. The van der Waals surface area contributed by atoms with Gasteiger partial charge in [0.2, 0.25) is 0 Å². The van der Waals surface area contributed by atoms with Crippen LogP contribution in [-0.4, -0.2) is 7.85 Å². The zero-order chi connectivity index (χ0) is 12.5. The summed E-state index contributed by atoms with van der Waals surface area (Å²) in [5.41, 5.74) is 3.99. The van der Waals surface area contributed by atoms with Crippen molar-refractivity contribution in [1.29, 1.82) is 0 Å². The van der Waals surface area contributed by atoms with Crippen LogP contribution in [0.25, 0.3) is 11.1 Å². The number of rotatable bonds is 2. The van der Waals surface area contributed by atoms with Crippen molar-refractivity contribution in [3.63, 3.8) is 0 Å². The number of benzene rings is 2. The van der Waals surface area contributed by atoms with E-state index in [1.54, 1.807) is 0 Å². The summed E-state index contributed by atoms with van der Waals surface area (Å²) >= 11 is 3.48. The normalized spacial score (nSPS) is 11.5. The lowest BCUT2D eigenvalue weighted by molar-refractivity contribution is 0.766. The molecule has 86 valence electrons. The number of halogens is 1. The van der Waals surface area contributed by atoms with E-state index in [-0.39, 0.29) is 5.31 Å². The molecule has 0 saturated carbocycles. The van der Waals surface area contributed by atoms with Crippen molar-refractivity contribution in [3.8, 4) is 11.1 Å². The van der Waals surface area contributed by atoms with Gasteiger partial charge in [0, 0.05) is 4.47 Å². The second-order valence-corrected chi connectivity index (χ2v) is 6.22. The highest BCUT2D eigenvalue weighted by atomic mass is 79.9. The standard InChI is InChI=1S/C15H16BBr/c1-15(2,16)14-6-4-3-5-13(14)11-7-9-12(17)10-8-11/h3-10H,16H2,1-2H3. The van der Waals surface area contributed by atoms with Crippen LogP contribution >= 0.6 is 15.9 Å². The highest BCUT2D eigenvalue weighted by molar-refractivity contribution is 9.10. The lowest BCUT2D eigenvalue weighted by Gasteiger charge is -2.23. The van der Waals surface area contributed by atoms with Crippen LogP contribution in [0.2, 0.25) is 0 Å². The fraction of sp³-hybridized carbons (Fsp3) is 0.200. The molecule has 0 unspecified atom stereocenters. The van der Waals surface area contributed by atoms with Gasteiger partial charge in [0.25, 0.3) is 0 Å². The highest BCUT2D eigenvalue weighted by Crippen LogP contribution is 2.31. The molecule has 2 heteroatoms. The average molecular weight is 287 g/mol. The Morgan fingerprint density at radius 3 is 2.12 bits per heavy atom. The summed E-state index contributed by atoms with van der Waals surface area (Å²) in [5, 5.41) is 0.170. The summed E-state index contributed by atoms with van der Waals surface area (Å²) in [7, 11) is 2.25. The van der Waals surface area contributed by atoms with E-state index in [4.69, 9.17) is 0 Å². The van der Waals surface area contributed by atoms with Gasteiger partial charge in [0.15, 0.2) is 0 Å². The van der Waals surface area contributed by atoms with Gasteiger partial charge in [-0.15, -0.1) is 0 Å². The summed E-state index contributed by atoms with van der Waals surface area (Å²) in [6.45, 7) is 4.51. The minimum Gasteiger partial charge on any atom is -0.0632 e. The largest absolute Gasteiger partial charge is 0.114 e. The minimum atomic E-state index is 0.170. The predicted molar refractivity (Wildman–Crippen MR) is 81.1 cm³/mol. The minimum absolute atomic E-state index is 0.170. The fourth-order valence-corrected chi connectivity index (χ4v) is 2.28. The Morgan fingerprint density at radius 1 is 0.941 bits per heavy atom. The SMILES string of the molecule is BC(C)(C)c1ccccc1-c1ccc(Br)cc1. The molecule has 0 heterocycles. The zero-order valence-electron chi connectivity index (χ0n) is 10.5. The molecular weight excluding hydrogens is 271 g/mol. The summed E-state index contributed by atoms with van der Waals surface area (Å²) in [6.07, 6.45) is 0. The molecule has 0 fully saturated rings. The van der Waals surface area contributed by atoms with Crippen LogP contribution in [-0.2, 0) is 5.31 Å². The third kappa shape index (κ3) is 2.81. The summed E-state index contributed by atoms with van der Waals surface area (Å²) in [4.78, 5) is 0. The fourth-order valence-electron chi connectivity index (χ4n) is 2.02. The third-order valence-electron chi connectivity index (χ3n) is 2.89. The van der Waals surface area contributed by atoms with Gasteiger partial charge in [-0.3, -0.25) is 0 Å². The van der Waals surface area contributed by atoms with E-state index in [1.807, 2.05) is 0 Å². The lowest BCUT2D eigenvalue weighted by atomic mass is 9.65. The van der Waals surface area contributed by atoms with E-state index in [0.717, 1.165) is 4.47 Å². The Balaban J connectivity index is 2.56. The first-order valence-electron chi connectivity index (χ1n) is 5.84. The van der Waals surface area contributed by atoms with Crippen molar-refractivity contribution in [2.24, 2.45) is 0 Å². The lowest BCUT2D eigenvalue weighted by Crippen LogP contribution is -2.17. The molecule has 0 bridgehead atoms. The van der Waals surface area contributed by atoms with Crippen molar-refractivity contribution < 1.29 is 0 Å². The first-order chi connectivity index (χ1) is 7.98. The van der Waals surface area contributed by atoms with Crippen LogP contribution in [0.3, 0.4) is 0 Å². The molecule has 0 spiro atoms. The molecule has 0 aliphatic heterocycles.